The Hall–Kier alpha value is -2.04. The lowest BCUT2D eigenvalue weighted by Gasteiger charge is -2.15. The molecule has 1 aliphatic rings. The van der Waals surface area contributed by atoms with Crippen LogP contribution in [-0.2, 0) is 15.2 Å². The van der Waals surface area contributed by atoms with Crippen molar-refractivity contribution in [3.05, 3.63) is 50.8 Å². The lowest BCUT2D eigenvalue weighted by atomic mass is 9.94. The summed E-state index contributed by atoms with van der Waals surface area (Å²) in [6.07, 6.45) is 0.634. The molecule has 10 heteroatoms. The van der Waals surface area contributed by atoms with Crippen molar-refractivity contribution in [2.24, 2.45) is 0 Å². The molecule has 1 atom stereocenters. The van der Waals surface area contributed by atoms with Crippen LogP contribution in [0.3, 0.4) is 0 Å². The smallest absolute Gasteiger partial charge is 0.358 e. The summed E-state index contributed by atoms with van der Waals surface area (Å²) in [5, 5.41) is 12.9. The van der Waals surface area contributed by atoms with E-state index in [9.17, 15) is 23.1 Å². The van der Waals surface area contributed by atoms with Crippen molar-refractivity contribution in [3.8, 4) is 0 Å². The average Bonchev–Trinajstić information content (AvgIpc) is 3.31. The van der Waals surface area contributed by atoms with Gasteiger partial charge in [0.1, 0.15) is 11.7 Å². The van der Waals surface area contributed by atoms with Gasteiger partial charge in [0.05, 0.1) is 0 Å². The SMILES string of the molecule is CC(O[SH](=O)=O)c1c(Br)cccc1C(=O)c1c(C(=O)O)noc1C1CC1. The van der Waals surface area contributed by atoms with E-state index in [0.29, 0.717) is 10.0 Å². The third kappa shape index (κ3) is 3.57. The number of ketones is 1. The number of hydrogen-bond donors (Lipinski definition) is 2. The van der Waals surface area contributed by atoms with Gasteiger partial charge < -0.3 is 9.63 Å². The highest BCUT2D eigenvalue weighted by molar-refractivity contribution is 9.10. The molecule has 0 radical (unpaired) electrons. The zero-order valence-corrected chi connectivity index (χ0v) is 16.0. The molecule has 1 saturated carbocycles. The Kier molecular flexibility index (Phi) is 5.26. The van der Waals surface area contributed by atoms with Gasteiger partial charge in [0.15, 0.2) is 11.5 Å². The zero-order chi connectivity index (χ0) is 19.0. The van der Waals surface area contributed by atoms with Gasteiger partial charge in [-0.3, -0.25) is 8.98 Å². The summed E-state index contributed by atoms with van der Waals surface area (Å²) in [5.41, 5.74) is -0.128. The highest BCUT2D eigenvalue weighted by Crippen LogP contribution is 2.43. The zero-order valence-electron chi connectivity index (χ0n) is 13.5. The first-order chi connectivity index (χ1) is 12.3. The Labute approximate surface area is 158 Å². The van der Waals surface area contributed by atoms with Crippen molar-refractivity contribution >= 4 is 38.7 Å². The van der Waals surface area contributed by atoms with Crippen molar-refractivity contribution in [1.29, 1.82) is 0 Å². The molecule has 1 aromatic heterocycles. The molecule has 138 valence electrons. The van der Waals surface area contributed by atoms with E-state index >= 15 is 0 Å². The first kappa shape index (κ1) is 18.7. The number of carboxylic acid groups (broad SMARTS) is 1. The van der Waals surface area contributed by atoms with Crippen molar-refractivity contribution in [2.45, 2.75) is 31.8 Å². The van der Waals surface area contributed by atoms with Crippen molar-refractivity contribution in [2.75, 3.05) is 0 Å². The van der Waals surface area contributed by atoms with E-state index in [2.05, 4.69) is 21.1 Å². The third-order valence-corrected chi connectivity index (χ3v) is 5.22. The molecule has 0 amide bonds. The fourth-order valence-corrected chi connectivity index (χ4v) is 3.81. The molecule has 1 aliphatic carbocycles. The van der Waals surface area contributed by atoms with Crippen LogP contribution in [0.25, 0.3) is 0 Å². The van der Waals surface area contributed by atoms with Crippen LogP contribution in [0.15, 0.2) is 27.2 Å². The standard InChI is InChI=1S/C16H14BrNO7S/c1-7(25-26(22)23)11-9(3-2-4-10(11)17)14(19)12-13(16(20)21)18-24-15(12)8-5-6-8/h2-4,7-8,26H,5-6H2,1H3,(H,20,21). The predicted molar refractivity (Wildman–Crippen MR) is 92.8 cm³/mol. The topological polar surface area (TPSA) is 124 Å². The molecule has 0 spiro atoms. The second kappa shape index (κ2) is 7.29. The molecule has 26 heavy (non-hydrogen) atoms. The van der Waals surface area contributed by atoms with Gasteiger partial charge in [-0.15, -0.1) is 0 Å². The summed E-state index contributed by atoms with van der Waals surface area (Å²) < 4.78 is 32.2. The van der Waals surface area contributed by atoms with Gasteiger partial charge in [0.2, 0.25) is 5.69 Å². The molecule has 0 aliphatic heterocycles. The van der Waals surface area contributed by atoms with E-state index in [1.807, 2.05) is 0 Å². The molecule has 1 fully saturated rings. The van der Waals surface area contributed by atoms with E-state index < -0.39 is 34.5 Å². The Morgan fingerprint density at radius 2 is 2.08 bits per heavy atom. The Balaban J connectivity index is 2.13. The molecular formula is C16H14BrNO7S. The van der Waals surface area contributed by atoms with Crippen LogP contribution in [0.1, 0.15) is 69.5 Å². The highest BCUT2D eigenvalue weighted by Gasteiger charge is 2.38. The predicted octanol–water partition coefficient (Wildman–Crippen LogP) is 2.85. The van der Waals surface area contributed by atoms with E-state index in [-0.39, 0.29) is 22.8 Å². The first-order valence-electron chi connectivity index (χ1n) is 7.68. The van der Waals surface area contributed by atoms with Crippen LogP contribution >= 0.6 is 15.9 Å². The van der Waals surface area contributed by atoms with Crippen molar-refractivity contribution in [3.63, 3.8) is 0 Å². The number of hydrogen-bond acceptors (Lipinski definition) is 7. The van der Waals surface area contributed by atoms with Gasteiger partial charge >= 0.3 is 5.97 Å². The number of aromatic carboxylic acids is 1. The second-order valence-corrected chi connectivity index (χ2v) is 7.36. The van der Waals surface area contributed by atoms with Crippen molar-refractivity contribution in [1.82, 2.24) is 5.16 Å². The quantitative estimate of drug-likeness (QED) is 0.494. The first-order valence-corrected chi connectivity index (χ1v) is 9.57. The Morgan fingerprint density at radius 1 is 1.38 bits per heavy atom. The molecule has 0 bridgehead atoms. The van der Waals surface area contributed by atoms with Crippen LogP contribution in [0.5, 0.6) is 0 Å². The molecule has 3 rings (SSSR count). The minimum absolute atomic E-state index is 0.0325. The highest BCUT2D eigenvalue weighted by atomic mass is 79.9. The summed E-state index contributed by atoms with van der Waals surface area (Å²) in [6, 6.07) is 4.71. The van der Waals surface area contributed by atoms with Crippen LogP contribution in [0.4, 0.5) is 0 Å². The minimum atomic E-state index is -3.13. The molecule has 8 nitrogen and oxygen atoms in total. The van der Waals surface area contributed by atoms with Gasteiger partial charge in [-0.05, 0) is 25.8 Å². The molecule has 1 N–H and O–H groups in total. The number of nitrogens with zero attached hydrogens (tertiary/aromatic N) is 1. The van der Waals surface area contributed by atoms with Crippen molar-refractivity contribution < 1.29 is 31.8 Å². The van der Waals surface area contributed by atoms with Gasteiger partial charge in [-0.1, -0.05) is 33.2 Å². The summed E-state index contributed by atoms with van der Waals surface area (Å²) >= 11 is 3.29. The maximum absolute atomic E-state index is 13.2. The van der Waals surface area contributed by atoms with E-state index in [4.69, 9.17) is 8.71 Å². The lowest BCUT2D eigenvalue weighted by Crippen LogP contribution is -2.14. The number of rotatable bonds is 7. The summed E-state index contributed by atoms with van der Waals surface area (Å²) in [6.45, 7) is 1.48. The molecule has 2 aromatic rings. The third-order valence-electron chi connectivity index (χ3n) is 4.04. The number of aromatic nitrogens is 1. The molecular weight excluding hydrogens is 430 g/mol. The van der Waals surface area contributed by atoms with Crippen LogP contribution in [0, 0.1) is 0 Å². The fraction of sp³-hybridized carbons (Fsp3) is 0.312. The monoisotopic (exact) mass is 443 g/mol. The largest absolute Gasteiger partial charge is 0.476 e. The number of thiol groups is 1. The number of carboxylic acids is 1. The van der Waals surface area contributed by atoms with Gasteiger partial charge in [0.25, 0.3) is 11.0 Å². The lowest BCUT2D eigenvalue weighted by molar-refractivity contribution is 0.0682. The maximum atomic E-state index is 13.2. The summed E-state index contributed by atoms with van der Waals surface area (Å²) in [4.78, 5) is 24.6. The molecule has 0 saturated heterocycles. The van der Waals surface area contributed by atoms with E-state index in [1.165, 1.54) is 13.0 Å². The van der Waals surface area contributed by atoms with Gasteiger partial charge in [-0.2, -0.15) is 0 Å². The minimum Gasteiger partial charge on any atom is -0.476 e. The normalized spacial score (nSPS) is 15.2. The van der Waals surface area contributed by atoms with E-state index in [1.54, 1.807) is 12.1 Å². The van der Waals surface area contributed by atoms with Crippen LogP contribution in [0.2, 0.25) is 0 Å². The van der Waals surface area contributed by atoms with Gasteiger partial charge in [0, 0.05) is 21.5 Å². The number of halogens is 1. The molecule has 1 aromatic carbocycles. The Morgan fingerprint density at radius 3 is 2.65 bits per heavy atom. The molecule has 1 heterocycles. The summed E-state index contributed by atoms with van der Waals surface area (Å²) in [7, 11) is -3.13. The fourth-order valence-electron chi connectivity index (χ4n) is 2.76. The Bertz CT molecular complexity index is 954. The maximum Gasteiger partial charge on any atom is 0.358 e. The van der Waals surface area contributed by atoms with E-state index in [0.717, 1.165) is 12.8 Å². The number of carbonyl (C=O) groups is 2. The van der Waals surface area contributed by atoms with Gasteiger partial charge in [-0.25, -0.2) is 13.2 Å². The van der Waals surface area contributed by atoms with Crippen LogP contribution < -0.4 is 0 Å². The number of carbonyl (C=O) groups excluding carboxylic acids is 1. The second-order valence-electron chi connectivity index (χ2n) is 5.85. The average molecular weight is 444 g/mol. The summed E-state index contributed by atoms with van der Waals surface area (Å²) in [5.74, 6) is -1.75. The number of benzene rings is 1. The molecule has 1 unspecified atom stereocenters. The van der Waals surface area contributed by atoms with Crippen LogP contribution in [-0.4, -0.2) is 30.4 Å².